The number of benzene rings is 1. The zero-order valence-corrected chi connectivity index (χ0v) is 12.4. The summed E-state index contributed by atoms with van der Waals surface area (Å²) in [5.41, 5.74) is 0.265. The van der Waals surface area contributed by atoms with E-state index in [1.54, 1.807) is 12.1 Å². The molecule has 0 aliphatic heterocycles. The maximum absolute atomic E-state index is 11.8. The van der Waals surface area contributed by atoms with Crippen LogP contribution in [0.3, 0.4) is 0 Å². The Labute approximate surface area is 126 Å². The zero-order chi connectivity index (χ0) is 14.7. The van der Waals surface area contributed by atoms with Gasteiger partial charge in [-0.25, -0.2) is 9.78 Å². The smallest absolute Gasteiger partial charge is 0.355 e. The number of phenols is 1. The average molecular weight is 357 g/mol. The number of rotatable bonds is 4. The number of thiazole rings is 1. The highest BCUT2D eigenvalue weighted by Gasteiger charge is 2.11. The Hall–Kier alpha value is -1.93. The fourth-order valence-electron chi connectivity index (χ4n) is 1.40. The molecule has 0 atom stereocenters. The van der Waals surface area contributed by atoms with E-state index in [9.17, 15) is 14.7 Å². The quantitative estimate of drug-likeness (QED) is 0.779. The second-order valence-electron chi connectivity index (χ2n) is 3.78. The summed E-state index contributed by atoms with van der Waals surface area (Å²) in [6, 6.07) is 4.46. The molecule has 0 aliphatic carbocycles. The molecule has 104 valence electrons. The van der Waals surface area contributed by atoms with Gasteiger partial charge in [-0.1, -0.05) is 0 Å². The highest BCUT2D eigenvalue weighted by atomic mass is 79.9. The predicted octanol–water partition coefficient (Wildman–Crippen LogP) is 2.24. The first kappa shape index (κ1) is 14.5. The van der Waals surface area contributed by atoms with Gasteiger partial charge in [-0.3, -0.25) is 4.79 Å². The number of aromatic nitrogens is 1. The lowest BCUT2D eigenvalue weighted by Gasteiger charge is -2.04. The van der Waals surface area contributed by atoms with Gasteiger partial charge in [-0.2, -0.15) is 0 Å². The standard InChI is InChI=1S/C12H9BrN2O4S/c13-7-2-1-6(3-9(7)16)11(17)14-4-10-15-8(5-20-10)12(18)19/h1-3,5,16H,4H2,(H,14,17)(H,18,19). The summed E-state index contributed by atoms with van der Waals surface area (Å²) in [6.07, 6.45) is 0. The minimum Gasteiger partial charge on any atom is -0.507 e. The van der Waals surface area contributed by atoms with E-state index < -0.39 is 5.97 Å². The van der Waals surface area contributed by atoms with E-state index in [1.807, 2.05) is 0 Å². The van der Waals surface area contributed by atoms with Crippen molar-refractivity contribution >= 4 is 39.1 Å². The van der Waals surface area contributed by atoms with Crippen molar-refractivity contribution < 1.29 is 19.8 Å². The number of carbonyl (C=O) groups is 2. The summed E-state index contributed by atoms with van der Waals surface area (Å²) < 4.78 is 0.500. The summed E-state index contributed by atoms with van der Waals surface area (Å²) in [5.74, 6) is -1.50. The van der Waals surface area contributed by atoms with Crippen LogP contribution in [0, 0.1) is 0 Å². The molecule has 20 heavy (non-hydrogen) atoms. The van der Waals surface area contributed by atoms with Gasteiger partial charge in [0.2, 0.25) is 0 Å². The molecule has 0 saturated heterocycles. The first-order valence-corrected chi connectivity index (χ1v) is 7.09. The van der Waals surface area contributed by atoms with Crippen molar-refractivity contribution in [1.82, 2.24) is 10.3 Å². The Morgan fingerprint density at radius 1 is 1.40 bits per heavy atom. The van der Waals surface area contributed by atoms with Gasteiger partial charge < -0.3 is 15.5 Å². The first-order chi connectivity index (χ1) is 9.47. The van der Waals surface area contributed by atoms with E-state index in [-0.39, 0.29) is 23.9 Å². The molecule has 1 amide bonds. The van der Waals surface area contributed by atoms with Crippen LogP contribution < -0.4 is 5.32 Å². The van der Waals surface area contributed by atoms with Gasteiger partial charge in [0.15, 0.2) is 5.69 Å². The van der Waals surface area contributed by atoms with Crippen molar-refractivity contribution in [3.63, 3.8) is 0 Å². The number of carboxylic acids is 1. The minimum atomic E-state index is -1.10. The molecular weight excluding hydrogens is 348 g/mol. The Morgan fingerprint density at radius 3 is 2.75 bits per heavy atom. The number of carbonyl (C=O) groups excluding carboxylic acids is 1. The zero-order valence-electron chi connectivity index (χ0n) is 9.96. The fraction of sp³-hybridized carbons (Fsp3) is 0.0833. The molecule has 6 nitrogen and oxygen atoms in total. The molecule has 2 rings (SSSR count). The van der Waals surface area contributed by atoms with E-state index in [4.69, 9.17) is 5.11 Å². The van der Waals surface area contributed by atoms with Gasteiger partial charge in [0.1, 0.15) is 10.8 Å². The van der Waals surface area contributed by atoms with Crippen LogP contribution in [0.15, 0.2) is 28.1 Å². The number of carboxylic acid groups (broad SMARTS) is 1. The van der Waals surface area contributed by atoms with Crippen molar-refractivity contribution in [1.29, 1.82) is 0 Å². The molecule has 0 fully saturated rings. The number of aromatic hydroxyl groups is 1. The van der Waals surface area contributed by atoms with Gasteiger partial charge in [-0.15, -0.1) is 11.3 Å². The molecule has 3 N–H and O–H groups in total. The number of nitrogens with zero attached hydrogens (tertiary/aromatic N) is 1. The van der Waals surface area contributed by atoms with Crippen molar-refractivity contribution in [2.75, 3.05) is 0 Å². The topological polar surface area (TPSA) is 99.5 Å². The van der Waals surface area contributed by atoms with E-state index in [0.717, 1.165) is 11.3 Å². The minimum absolute atomic E-state index is 0.0277. The highest BCUT2D eigenvalue weighted by molar-refractivity contribution is 9.10. The van der Waals surface area contributed by atoms with Crippen molar-refractivity contribution in [3.05, 3.63) is 44.3 Å². The molecule has 1 aromatic heterocycles. The number of halogens is 1. The van der Waals surface area contributed by atoms with Crippen LogP contribution in [0.2, 0.25) is 0 Å². The number of nitrogens with one attached hydrogen (secondary N) is 1. The maximum Gasteiger partial charge on any atom is 0.355 e. The van der Waals surface area contributed by atoms with Crippen LogP contribution in [0.1, 0.15) is 25.9 Å². The molecule has 0 aliphatic rings. The van der Waals surface area contributed by atoms with Gasteiger partial charge in [0.05, 0.1) is 11.0 Å². The number of hydrogen-bond donors (Lipinski definition) is 3. The van der Waals surface area contributed by atoms with E-state index >= 15 is 0 Å². The van der Waals surface area contributed by atoms with Crippen LogP contribution in [0.25, 0.3) is 0 Å². The van der Waals surface area contributed by atoms with Crippen molar-refractivity contribution in [2.45, 2.75) is 6.54 Å². The Balaban J connectivity index is 2.00. The van der Waals surface area contributed by atoms with Crippen molar-refractivity contribution in [3.8, 4) is 5.75 Å². The lowest BCUT2D eigenvalue weighted by Crippen LogP contribution is -2.22. The molecule has 1 heterocycles. The third-order valence-electron chi connectivity index (χ3n) is 2.38. The lowest BCUT2D eigenvalue weighted by molar-refractivity contribution is 0.0691. The monoisotopic (exact) mass is 356 g/mol. The molecule has 0 bridgehead atoms. The second-order valence-corrected chi connectivity index (χ2v) is 5.58. The second kappa shape index (κ2) is 6.02. The molecule has 8 heteroatoms. The lowest BCUT2D eigenvalue weighted by atomic mass is 10.2. The van der Waals surface area contributed by atoms with Crippen LogP contribution in [0.5, 0.6) is 5.75 Å². The van der Waals surface area contributed by atoms with Gasteiger partial charge in [0, 0.05) is 10.9 Å². The summed E-state index contributed by atoms with van der Waals surface area (Å²) in [6.45, 7) is 0.133. The molecule has 0 unspecified atom stereocenters. The number of amides is 1. The molecule has 0 radical (unpaired) electrons. The van der Waals surface area contributed by atoms with Crippen LogP contribution in [-0.4, -0.2) is 27.1 Å². The number of phenolic OH excluding ortho intramolecular Hbond substituents is 1. The summed E-state index contributed by atoms with van der Waals surface area (Å²) >= 11 is 4.28. The third kappa shape index (κ3) is 3.34. The van der Waals surface area contributed by atoms with Crippen LogP contribution in [0.4, 0.5) is 0 Å². The summed E-state index contributed by atoms with van der Waals surface area (Å²) in [4.78, 5) is 26.4. The molecule has 1 aromatic carbocycles. The Morgan fingerprint density at radius 2 is 2.15 bits per heavy atom. The molecule has 2 aromatic rings. The highest BCUT2D eigenvalue weighted by Crippen LogP contribution is 2.24. The van der Waals surface area contributed by atoms with E-state index in [1.165, 1.54) is 11.4 Å². The normalized spacial score (nSPS) is 10.2. The SMILES string of the molecule is O=C(NCc1nc(C(=O)O)cs1)c1ccc(Br)c(O)c1. The van der Waals surface area contributed by atoms with Gasteiger partial charge in [-0.05, 0) is 34.1 Å². The summed E-state index contributed by atoms with van der Waals surface area (Å²) in [7, 11) is 0. The average Bonchev–Trinajstić information content (AvgIpc) is 2.88. The van der Waals surface area contributed by atoms with Crippen LogP contribution in [-0.2, 0) is 6.54 Å². The first-order valence-electron chi connectivity index (χ1n) is 5.42. The number of aromatic carboxylic acids is 1. The molecular formula is C12H9BrN2O4S. The predicted molar refractivity (Wildman–Crippen MR) is 76.1 cm³/mol. The van der Waals surface area contributed by atoms with Gasteiger partial charge in [0.25, 0.3) is 5.91 Å². The Bertz CT molecular complexity index is 671. The third-order valence-corrected chi connectivity index (χ3v) is 3.90. The largest absolute Gasteiger partial charge is 0.507 e. The summed E-state index contributed by atoms with van der Waals surface area (Å²) in [5, 5.41) is 22.7. The maximum atomic E-state index is 11.8. The van der Waals surface area contributed by atoms with E-state index in [2.05, 4.69) is 26.2 Å². The molecule has 0 spiro atoms. The molecule has 0 saturated carbocycles. The fourth-order valence-corrected chi connectivity index (χ4v) is 2.36. The van der Waals surface area contributed by atoms with E-state index in [0.29, 0.717) is 15.0 Å². The van der Waals surface area contributed by atoms with Crippen LogP contribution >= 0.6 is 27.3 Å². The Kier molecular flexibility index (Phi) is 4.35. The number of hydrogen-bond acceptors (Lipinski definition) is 5. The van der Waals surface area contributed by atoms with Crippen molar-refractivity contribution in [2.24, 2.45) is 0 Å². The van der Waals surface area contributed by atoms with Gasteiger partial charge >= 0.3 is 5.97 Å².